The molecule has 0 amide bonds. The number of fused-ring (bicyclic) bond motifs is 1. The summed E-state index contributed by atoms with van der Waals surface area (Å²) in [7, 11) is 0. The summed E-state index contributed by atoms with van der Waals surface area (Å²) >= 11 is 3.61. The van der Waals surface area contributed by atoms with Crippen molar-refractivity contribution in [1.29, 1.82) is 0 Å². The van der Waals surface area contributed by atoms with Gasteiger partial charge < -0.3 is 15.2 Å². The number of benzene rings is 1. The minimum Gasteiger partial charge on any atom is -0.486 e. The molecule has 98 valence electrons. The summed E-state index contributed by atoms with van der Waals surface area (Å²) in [6.07, 6.45) is 4.44. The first-order valence-electron chi connectivity index (χ1n) is 6.50. The van der Waals surface area contributed by atoms with E-state index in [9.17, 15) is 0 Å². The van der Waals surface area contributed by atoms with Crippen molar-refractivity contribution in [2.45, 2.75) is 38.1 Å². The first-order valence-corrected chi connectivity index (χ1v) is 7.29. The van der Waals surface area contributed by atoms with Gasteiger partial charge in [-0.05, 0) is 31.4 Å². The van der Waals surface area contributed by atoms with Crippen LogP contribution in [0.1, 0.15) is 36.8 Å². The third-order valence-corrected chi connectivity index (χ3v) is 4.85. The van der Waals surface area contributed by atoms with E-state index >= 15 is 0 Å². The van der Waals surface area contributed by atoms with Crippen LogP contribution < -0.4 is 15.2 Å². The van der Waals surface area contributed by atoms with Crippen LogP contribution in [0.15, 0.2) is 10.5 Å². The lowest BCUT2D eigenvalue weighted by Gasteiger charge is -2.32. The summed E-state index contributed by atoms with van der Waals surface area (Å²) in [6, 6.07) is 1.99. The lowest BCUT2D eigenvalue weighted by molar-refractivity contribution is 0.166. The summed E-state index contributed by atoms with van der Waals surface area (Å²) in [5.41, 5.74) is 8.69. The van der Waals surface area contributed by atoms with Gasteiger partial charge in [-0.15, -0.1) is 0 Å². The molecule has 1 aliphatic carbocycles. The molecule has 1 fully saturated rings. The van der Waals surface area contributed by atoms with E-state index in [1.54, 1.807) is 0 Å². The molecule has 1 heterocycles. The molecule has 1 aromatic rings. The van der Waals surface area contributed by atoms with Crippen LogP contribution in [-0.4, -0.2) is 13.2 Å². The van der Waals surface area contributed by atoms with Crippen LogP contribution in [0.5, 0.6) is 11.5 Å². The average molecular weight is 312 g/mol. The Bertz CT molecular complexity index is 481. The Labute approximate surface area is 116 Å². The van der Waals surface area contributed by atoms with Crippen LogP contribution in [-0.2, 0) is 5.54 Å². The quantitative estimate of drug-likeness (QED) is 0.866. The Morgan fingerprint density at radius 2 is 1.89 bits per heavy atom. The van der Waals surface area contributed by atoms with Gasteiger partial charge in [-0.3, -0.25) is 0 Å². The zero-order chi connectivity index (χ0) is 12.8. The Hall–Kier alpha value is -0.740. The molecule has 0 spiro atoms. The number of hydrogen-bond donors (Lipinski definition) is 1. The number of nitrogens with two attached hydrogens (primary N) is 1. The monoisotopic (exact) mass is 311 g/mol. The van der Waals surface area contributed by atoms with E-state index in [2.05, 4.69) is 22.9 Å². The fourth-order valence-electron chi connectivity index (χ4n) is 3.10. The van der Waals surface area contributed by atoms with E-state index in [-0.39, 0.29) is 5.54 Å². The van der Waals surface area contributed by atoms with Crippen LogP contribution in [0.3, 0.4) is 0 Å². The lowest BCUT2D eigenvalue weighted by Crippen LogP contribution is -2.35. The van der Waals surface area contributed by atoms with Crippen LogP contribution >= 0.6 is 15.9 Å². The van der Waals surface area contributed by atoms with Crippen molar-refractivity contribution in [3.8, 4) is 11.5 Å². The predicted molar refractivity (Wildman–Crippen MR) is 74.2 cm³/mol. The second-order valence-corrected chi connectivity index (χ2v) is 6.10. The molecule has 0 atom stereocenters. The second-order valence-electron chi connectivity index (χ2n) is 5.25. The van der Waals surface area contributed by atoms with Gasteiger partial charge in [-0.1, -0.05) is 28.8 Å². The molecule has 0 bridgehead atoms. The van der Waals surface area contributed by atoms with E-state index in [1.807, 2.05) is 6.07 Å². The minimum atomic E-state index is -0.251. The Balaban J connectivity index is 2.20. The van der Waals surface area contributed by atoms with Crippen molar-refractivity contribution in [3.05, 3.63) is 21.7 Å². The van der Waals surface area contributed by atoms with Gasteiger partial charge >= 0.3 is 0 Å². The topological polar surface area (TPSA) is 44.5 Å². The van der Waals surface area contributed by atoms with Crippen molar-refractivity contribution >= 4 is 15.9 Å². The first kappa shape index (κ1) is 12.3. The van der Waals surface area contributed by atoms with Gasteiger partial charge in [0.15, 0.2) is 11.5 Å². The third kappa shape index (κ3) is 1.82. The van der Waals surface area contributed by atoms with Crippen molar-refractivity contribution < 1.29 is 9.47 Å². The molecule has 2 aliphatic rings. The maximum absolute atomic E-state index is 6.62. The van der Waals surface area contributed by atoms with Gasteiger partial charge in [-0.25, -0.2) is 0 Å². The van der Waals surface area contributed by atoms with E-state index < -0.39 is 0 Å². The van der Waals surface area contributed by atoms with Crippen LogP contribution in [0.4, 0.5) is 0 Å². The molecule has 0 radical (unpaired) electrons. The standard InChI is InChI=1S/C14H18BrNO2/c1-9-10(15)8-11-13(18-7-6-17-11)12(9)14(16)4-2-3-5-14/h8H,2-7,16H2,1H3. The van der Waals surface area contributed by atoms with Gasteiger partial charge in [-0.2, -0.15) is 0 Å². The molecule has 0 unspecified atom stereocenters. The van der Waals surface area contributed by atoms with E-state index in [1.165, 1.54) is 18.4 Å². The van der Waals surface area contributed by atoms with E-state index in [0.29, 0.717) is 13.2 Å². The minimum absolute atomic E-state index is 0.251. The van der Waals surface area contributed by atoms with Crippen LogP contribution in [0, 0.1) is 6.92 Å². The average Bonchev–Trinajstić information content (AvgIpc) is 2.78. The Morgan fingerprint density at radius 1 is 1.22 bits per heavy atom. The molecule has 0 saturated heterocycles. The highest BCUT2D eigenvalue weighted by atomic mass is 79.9. The normalized spacial score (nSPS) is 21.1. The van der Waals surface area contributed by atoms with Crippen LogP contribution in [0.2, 0.25) is 0 Å². The molecule has 0 aromatic heterocycles. The highest BCUT2D eigenvalue weighted by molar-refractivity contribution is 9.10. The highest BCUT2D eigenvalue weighted by Gasteiger charge is 2.37. The molecule has 18 heavy (non-hydrogen) atoms. The molecular formula is C14H18BrNO2. The van der Waals surface area contributed by atoms with Gasteiger partial charge in [0.25, 0.3) is 0 Å². The predicted octanol–water partition coefficient (Wildman–Crippen LogP) is 3.26. The summed E-state index contributed by atoms with van der Waals surface area (Å²) in [6.45, 7) is 3.32. The largest absolute Gasteiger partial charge is 0.486 e. The maximum atomic E-state index is 6.62. The smallest absolute Gasteiger partial charge is 0.166 e. The second kappa shape index (κ2) is 4.42. The summed E-state index contributed by atoms with van der Waals surface area (Å²) in [4.78, 5) is 0. The van der Waals surface area contributed by atoms with Crippen molar-refractivity contribution in [2.75, 3.05) is 13.2 Å². The van der Waals surface area contributed by atoms with Gasteiger partial charge in [0.05, 0.1) is 0 Å². The zero-order valence-electron chi connectivity index (χ0n) is 10.6. The summed E-state index contributed by atoms with van der Waals surface area (Å²) in [5, 5.41) is 0. The molecule has 1 aliphatic heterocycles. The van der Waals surface area contributed by atoms with Crippen molar-refractivity contribution in [1.82, 2.24) is 0 Å². The molecular weight excluding hydrogens is 294 g/mol. The van der Waals surface area contributed by atoms with Crippen molar-refractivity contribution in [2.24, 2.45) is 5.73 Å². The van der Waals surface area contributed by atoms with E-state index in [0.717, 1.165) is 34.4 Å². The highest BCUT2D eigenvalue weighted by Crippen LogP contribution is 2.48. The van der Waals surface area contributed by atoms with Crippen molar-refractivity contribution in [3.63, 3.8) is 0 Å². The van der Waals surface area contributed by atoms with E-state index in [4.69, 9.17) is 15.2 Å². The number of ether oxygens (including phenoxy) is 2. The molecule has 1 saturated carbocycles. The fourth-order valence-corrected chi connectivity index (χ4v) is 3.51. The maximum Gasteiger partial charge on any atom is 0.166 e. The SMILES string of the molecule is Cc1c(Br)cc2c(c1C1(N)CCCC1)OCCO2. The molecule has 3 nitrogen and oxygen atoms in total. The van der Waals surface area contributed by atoms with Gasteiger partial charge in [0.1, 0.15) is 13.2 Å². The molecule has 3 rings (SSSR count). The third-order valence-electron chi connectivity index (χ3n) is 4.02. The zero-order valence-corrected chi connectivity index (χ0v) is 12.2. The number of hydrogen-bond acceptors (Lipinski definition) is 3. The molecule has 1 aromatic carbocycles. The lowest BCUT2D eigenvalue weighted by atomic mass is 9.85. The fraction of sp³-hybridized carbons (Fsp3) is 0.571. The Kier molecular flexibility index (Phi) is 3.02. The Morgan fingerprint density at radius 3 is 2.61 bits per heavy atom. The summed E-state index contributed by atoms with van der Waals surface area (Å²) < 4.78 is 12.6. The molecule has 2 N–H and O–H groups in total. The summed E-state index contributed by atoms with van der Waals surface area (Å²) in [5.74, 6) is 1.69. The first-order chi connectivity index (χ1) is 8.62. The number of rotatable bonds is 1. The van der Waals surface area contributed by atoms with Crippen LogP contribution in [0.25, 0.3) is 0 Å². The van der Waals surface area contributed by atoms with Gasteiger partial charge in [0, 0.05) is 15.6 Å². The van der Waals surface area contributed by atoms with Gasteiger partial charge in [0.2, 0.25) is 0 Å². The molecule has 4 heteroatoms. The number of halogens is 1.